The zero-order valence-electron chi connectivity index (χ0n) is 8.38. The Kier molecular flexibility index (Phi) is 2.36. The molecule has 3 atom stereocenters. The van der Waals surface area contributed by atoms with E-state index in [4.69, 9.17) is 15.6 Å². The lowest BCUT2D eigenvalue weighted by molar-refractivity contribution is -0.142. The molecule has 1 aromatic carbocycles. The van der Waals surface area contributed by atoms with Gasteiger partial charge in [-0.1, -0.05) is 19.1 Å². The minimum Gasteiger partial charge on any atom is -0.508 e. The van der Waals surface area contributed by atoms with Crippen LogP contribution in [-0.2, 0) is 9.53 Å². The molecule has 1 aromatic rings. The van der Waals surface area contributed by atoms with Crippen LogP contribution in [0.3, 0.4) is 0 Å². The van der Waals surface area contributed by atoms with Crippen molar-refractivity contribution in [3.63, 3.8) is 0 Å². The second-order valence-electron chi connectivity index (χ2n) is 3.83. The number of phenols is 1. The van der Waals surface area contributed by atoms with E-state index in [1.54, 1.807) is 24.3 Å². The first kappa shape index (κ1) is 9.98. The Balaban J connectivity index is 2.25. The number of phenolic OH excluding ortho intramolecular Hbond substituents is 1. The third-order valence-electron chi connectivity index (χ3n) is 2.78. The van der Waals surface area contributed by atoms with Gasteiger partial charge in [-0.05, 0) is 17.7 Å². The van der Waals surface area contributed by atoms with E-state index in [1.165, 1.54) is 0 Å². The van der Waals surface area contributed by atoms with Gasteiger partial charge in [0.25, 0.3) is 0 Å². The highest BCUT2D eigenvalue weighted by atomic mass is 16.6. The molecule has 3 N–H and O–H groups in total. The molecular weight excluding hydrogens is 194 g/mol. The third kappa shape index (κ3) is 1.68. The van der Waals surface area contributed by atoms with Crippen LogP contribution in [0.15, 0.2) is 24.3 Å². The fourth-order valence-corrected chi connectivity index (χ4v) is 1.75. The van der Waals surface area contributed by atoms with Gasteiger partial charge in [-0.15, -0.1) is 0 Å². The molecule has 1 heterocycles. The van der Waals surface area contributed by atoms with E-state index in [9.17, 15) is 4.79 Å². The van der Waals surface area contributed by atoms with Gasteiger partial charge in [-0.25, -0.2) is 0 Å². The lowest BCUT2D eigenvalue weighted by atomic mass is 9.94. The Morgan fingerprint density at radius 2 is 1.93 bits per heavy atom. The summed E-state index contributed by atoms with van der Waals surface area (Å²) in [6.07, 6.45) is -0.298. The van der Waals surface area contributed by atoms with Crippen molar-refractivity contribution in [2.24, 2.45) is 11.7 Å². The maximum Gasteiger partial charge on any atom is 0.323 e. The van der Waals surface area contributed by atoms with Gasteiger partial charge in [0.2, 0.25) is 0 Å². The molecule has 80 valence electrons. The minimum absolute atomic E-state index is 0.0398. The number of ether oxygens (including phenoxy) is 1. The highest BCUT2D eigenvalue weighted by Crippen LogP contribution is 2.34. The first-order chi connectivity index (χ1) is 7.09. The summed E-state index contributed by atoms with van der Waals surface area (Å²) >= 11 is 0. The molecular formula is C11H13NO3. The van der Waals surface area contributed by atoms with Crippen molar-refractivity contribution in [1.29, 1.82) is 0 Å². The van der Waals surface area contributed by atoms with Crippen LogP contribution in [0.5, 0.6) is 5.75 Å². The normalized spacial score (nSPS) is 30.3. The van der Waals surface area contributed by atoms with Crippen LogP contribution in [-0.4, -0.2) is 17.1 Å². The maximum atomic E-state index is 11.2. The summed E-state index contributed by atoms with van der Waals surface area (Å²) in [4.78, 5) is 11.2. The number of benzene rings is 1. The number of esters is 1. The standard InChI is InChI=1S/C11H13NO3/c1-6-9(12)11(14)15-10(6)7-2-4-8(13)5-3-7/h2-6,9-10,13H,12H2,1H3/t6-,9-,10-/m1/s1. The van der Waals surface area contributed by atoms with Gasteiger partial charge in [0, 0.05) is 5.92 Å². The molecule has 1 saturated heterocycles. The number of cyclic esters (lactones) is 1. The Morgan fingerprint density at radius 1 is 1.33 bits per heavy atom. The highest BCUT2D eigenvalue weighted by Gasteiger charge is 2.40. The second kappa shape index (κ2) is 3.55. The molecule has 0 bridgehead atoms. The summed E-state index contributed by atoms with van der Waals surface area (Å²) in [5.41, 5.74) is 6.52. The predicted octanol–water partition coefficient (Wildman–Crippen LogP) is 0.954. The minimum atomic E-state index is -0.552. The second-order valence-corrected chi connectivity index (χ2v) is 3.83. The molecule has 0 spiro atoms. The number of rotatable bonds is 1. The Labute approximate surface area is 87.7 Å². The van der Waals surface area contributed by atoms with E-state index in [2.05, 4.69) is 0 Å². The number of hydrogen-bond donors (Lipinski definition) is 2. The molecule has 1 aliphatic heterocycles. The van der Waals surface area contributed by atoms with E-state index >= 15 is 0 Å². The summed E-state index contributed by atoms with van der Waals surface area (Å²) in [7, 11) is 0. The van der Waals surface area contributed by atoms with Gasteiger partial charge >= 0.3 is 5.97 Å². The van der Waals surface area contributed by atoms with Gasteiger partial charge < -0.3 is 15.6 Å². The number of carbonyl (C=O) groups excluding carboxylic acids is 1. The first-order valence-corrected chi connectivity index (χ1v) is 4.84. The molecule has 15 heavy (non-hydrogen) atoms. The topological polar surface area (TPSA) is 72.6 Å². The van der Waals surface area contributed by atoms with E-state index in [1.807, 2.05) is 6.92 Å². The Hall–Kier alpha value is -1.55. The van der Waals surface area contributed by atoms with Gasteiger partial charge in [-0.2, -0.15) is 0 Å². The van der Waals surface area contributed by atoms with Crippen LogP contribution < -0.4 is 5.73 Å². The summed E-state index contributed by atoms with van der Waals surface area (Å²) in [6, 6.07) is 6.06. The molecule has 0 aliphatic carbocycles. The number of aromatic hydroxyl groups is 1. The van der Waals surface area contributed by atoms with Crippen LogP contribution in [0.2, 0.25) is 0 Å². The van der Waals surface area contributed by atoms with Crippen molar-refractivity contribution < 1.29 is 14.6 Å². The maximum absolute atomic E-state index is 11.2. The van der Waals surface area contributed by atoms with Crippen molar-refractivity contribution in [2.45, 2.75) is 19.1 Å². The summed E-state index contributed by atoms with van der Waals surface area (Å²) in [5.74, 6) is -0.206. The van der Waals surface area contributed by atoms with Crippen molar-refractivity contribution in [3.8, 4) is 5.75 Å². The molecule has 0 saturated carbocycles. The smallest absolute Gasteiger partial charge is 0.323 e. The molecule has 4 heteroatoms. The lowest BCUT2D eigenvalue weighted by Gasteiger charge is -2.14. The molecule has 1 aliphatic rings. The molecule has 0 aromatic heterocycles. The van der Waals surface area contributed by atoms with Crippen LogP contribution in [0.25, 0.3) is 0 Å². The van der Waals surface area contributed by atoms with Crippen molar-refractivity contribution in [2.75, 3.05) is 0 Å². The zero-order chi connectivity index (χ0) is 11.0. The quantitative estimate of drug-likeness (QED) is 0.672. The van der Waals surface area contributed by atoms with Gasteiger partial charge in [0.1, 0.15) is 17.9 Å². The van der Waals surface area contributed by atoms with Crippen molar-refractivity contribution in [1.82, 2.24) is 0 Å². The van der Waals surface area contributed by atoms with Crippen LogP contribution in [0.1, 0.15) is 18.6 Å². The van der Waals surface area contributed by atoms with Gasteiger partial charge in [-0.3, -0.25) is 4.79 Å². The van der Waals surface area contributed by atoms with E-state index in [0.29, 0.717) is 0 Å². The Morgan fingerprint density at radius 3 is 2.40 bits per heavy atom. The zero-order valence-corrected chi connectivity index (χ0v) is 8.38. The van der Waals surface area contributed by atoms with Crippen molar-refractivity contribution >= 4 is 5.97 Å². The summed E-state index contributed by atoms with van der Waals surface area (Å²) in [5, 5.41) is 9.14. The molecule has 4 nitrogen and oxygen atoms in total. The van der Waals surface area contributed by atoms with Gasteiger partial charge in [0.15, 0.2) is 0 Å². The summed E-state index contributed by atoms with van der Waals surface area (Å²) < 4.78 is 5.17. The highest BCUT2D eigenvalue weighted by molar-refractivity contribution is 5.78. The first-order valence-electron chi connectivity index (χ1n) is 4.84. The fraction of sp³-hybridized carbons (Fsp3) is 0.364. The third-order valence-corrected chi connectivity index (χ3v) is 2.78. The number of carbonyl (C=O) groups is 1. The fourth-order valence-electron chi connectivity index (χ4n) is 1.75. The van der Waals surface area contributed by atoms with Crippen LogP contribution in [0.4, 0.5) is 0 Å². The van der Waals surface area contributed by atoms with E-state index in [0.717, 1.165) is 5.56 Å². The molecule has 0 radical (unpaired) electrons. The monoisotopic (exact) mass is 207 g/mol. The number of nitrogens with two attached hydrogens (primary N) is 1. The van der Waals surface area contributed by atoms with E-state index < -0.39 is 6.04 Å². The molecule has 0 unspecified atom stereocenters. The average molecular weight is 207 g/mol. The molecule has 2 rings (SSSR count). The SMILES string of the molecule is C[C@@H]1[C@@H](N)C(=O)O[C@H]1c1ccc(O)cc1. The Bertz CT molecular complexity index is 374. The lowest BCUT2D eigenvalue weighted by Crippen LogP contribution is -2.30. The largest absolute Gasteiger partial charge is 0.508 e. The summed E-state index contributed by atoms with van der Waals surface area (Å²) in [6.45, 7) is 1.88. The van der Waals surface area contributed by atoms with Gasteiger partial charge in [0.05, 0.1) is 0 Å². The predicted molar refractivity (Wildman–Crippen MR) is 54.1 cm³/mol. The molecule has 0 amide bonds. The van der Waals surface area contributed by atoms with Crippen molar-refractivity contribution in [3.05, 3.63) is 29.8 Å². The van der Waals surface area contributed by atoms with Crippen LogP contribution in [0, 0.1) is 5.92 Å². The molecule has 1 fully saturated rings. The average Bonchev–Trinajstić information content (AvgIpc) is 2.47. The number of hydrogen-bond acceptors (Lipinski definition) is 4. The van der Waals surface area contributed by atoms with E-state index in [-0.39, 0.29) is 23.7 Å². The van der Waals surface area contributed by atoms with Crippen LogP contribution >= 0.6 is 0 Å².